The Kier molecular flexibility index (Phi) is 4.98. The number of hydrogen-bond donors (Lipinski definition) is 1. The Morgan fingerprint density at radius 1 is 1.57 bits per heavy atom. The van der Waals surface area contributed by atoms with E-state index in [4.69, 9.17) is 23.2 Å². The maximum absolute atomic E-state index is 5.89. The van der Waals surface area contributed by atoms with Gasteiger partial charge in [0.15, 0.2) is 0 Å². The standard InChI is InChI=1S/C9H13Cl2N3/c1-7(3-2-4-10)14-9-8(11)5-12-6-13-9/h5-7H,2-4H2,1H3,(H,12,13,14). The molecule has 0 aliphatic rings. The van der Waals surface area contributed by atoms with Crippen molar-refractivity contribution in [3.63, 3.8) is 0 Å². The van der Waals surface area contributed by atoms with Gasteiger partial charge in [0.25, 0.3) is 0 Å². The SMILES string of the molecule is CC(CCCCl)Nc1ncncc1Cl. The number of alkyl halides is 1. The van der Waals surface area contributed by atoms with Crippen LogP contribution in [0.25, 0.3) is 0 Å². The molecule has 0 aromatic carbocycles. The summed E-state index contributed by atoms with van der Waals surface area (Å²) in [7, 11) is 0. The van der Waals surface area contributed by atoms with E-state index in [0.29, 0.717) is 22.8 Å². The molecular formula is C9H13Cl2N3. The molecule has 1 rings (SSSR count). The number of anilines is 1. The van der Waals surface area contributed by atoms with Crippen molar-refractivity contribution in [1.29, 1.82) is 0 Å². The molecule has 1 aromatic heterocycles. The van der Waals surface area contributed by atoms with E-state index in [-0.39, 0.29) is 0 Å². The summed E-state index contributed by atoms with van der Waals surface area (Å²) in [5.41, 5.74) is 0. The maximum atomic E-state index is 5.89. The molecule has 1 heterocycles. The first-order chi connectivity index (χ1) is 6.74. The van der Waals surface area contributed by atoms with Gasteiger partial charge in [-0.25, -0.2) is 9.97 Å². The van der Waals surface area contributed by atoms with Crippen molar-refractivity contribution >= 4 is 29.0 Å². The summed E-state index contributed by atoms with van der Waals surface area (Å²) in [6.45, 7) is 2.07. The summed E-state index contributed by atoms with van der Waals surface area (Å²) in [6, 6.07) is 0.321. The topological polar surface area (TPSA) is 37.8 Å². The predicted molar refractivity (Wildman–Crippen MR) is 60.1 cm³/mol. The Bertz CT molecular complexity index is 281. The molecule has 0 aliphatic heterocycles. The minimum Gasteiger partial charge on any atom is -0.366 e. The van der Waals surface area contributed by atoms with Gasteiger partial charge in [-0.2, -0.15) is 0 Å². The van der Waals surface area contributed by atoms with Crippen LogP contribution in [0.15, 0.2) is 12.5 Å². The number of hydrogen-bond acceptors (Lipinski definition) is 3. The fourth-order valence-corrected chi connectivity index (χ4v) is 1.42. The van der Waals surface area contributed by atoms with Crippen LogP contribution >= 0.6 is 23.2 Å². The molecule has 1 aromatic rings. The monoisotopic (exact) mass is 233 g/mol. The summed E-state index contributed by atoms with van der Waals surface area (Å²) in [6.07, 6.45) is 5.04. The highest BCUT2D eigenvalue weighted by Crippen LogP contribution is 2.17. The van der Waals surface area contributed by atoms with Gasteiger partial charge < -0.3 is 5.32 Å². The molecule has 3 nitrogen and oxygen atoms in total. The van der Waals surface area contributed by atoms with Gasteiger partial charge in [0.1, 0.15) is 17.2 Å². The van der Waals surface area contributed by atoms with Gasteiger partial charge in [-0.15, -0.1) is 11.6 Å². The molecule has 0 amide bonds. The fourth-order valence-electron chi connectivity index (χ4n) is 1.11. The number of nitrogens with zero attached hydrogens (tertiary/aromatic N) is 2. The average molecular weight is 234 g/mol. The lowest BCUT2D eigenvalue weighted by atomic mass is 10.2. The first kappa shape index (κ1) is 11.5. The zero-order chi connectivity index (χ0) is 10.4. The third-order valence-corrected chi connectivity index (χ3v) is 2.37. The Hall–Kier alpha value is -0.540. The lowest BCUT2D eigenvalue weighted by Crippen LogP contribution is -2.16. The van der Waals surface area contributed by atoms with Crippen molar-refractivity contribution in [3.8, 4) is 0 Å². The molecule has 1 atom stereocenters. The van der Waals surface area contributed by atoms with Crippen molar-refractivity contribution in [2.24, 2.45) is 0 Å². The summed E-state index contributed by atoms with van der Waals surface area (Å²) < 4.78 is 0. The van der Waals surface area contributed by atoms with Crippen molar-refractivity contribution in [3.05, 3.63) is 17.5 Å². The third kappa shape index (κ3) is 3.68. The summed E-state index contributed by atoms with van der Waals surface area (Å²) in [5, 5.41) is 3.75. The Balaban J connectivity index is 2.47. The molecule has 0 aliphatic carbocycles. The van der Waals surface area contributed by atoms with Crippen LogP contribution < -0.4 is 5.32 Å². The van der Waals surface area contributed by atoms with E-state index in [9.17, 15) is 0 Å². The zero-order valence-corrected chi connectivity index (χ0v) is 9.52. The Labute approximate surface area is 93.9 Å². The van der Waals surface area contributed by atoms with Crippen molar-refractivity contribution in [1.82, 2.24) is 9.97 Å². The van der Waals surface area contributed by atoms with Crippen LogP contribution in [0.3, 0.4) is 0 Å². The highest BCUT2D eigenvalue weighted by molar-refractivity contribution is 6.32. The first-order valence-electron chi connectivity index (χ1n) is 4.52. The lowest BCUT2D eigenvalue weighted by Gasteiger charge is -2.13. The van der Waals surface area contributed by atoms with Gasteiger partial charge in [-0.3, -0.25) is 0 Å². The van der Waals surface area contributed by atoms with Crippen LogP contribution in [0.2, 0.25) is 5.02 Å². The molecule has 1 unspecified atom stereocenters. The van der Waals surface area contributed by atoms with Crippen molar-refractivity contribution < 1.29 is 0 Å². The van der Waals surface area contributed by atoms with E-state index in [2.05, 4.69) is 22.2 Å². The number of aromatic nitrogens is 2. The molecule has 0 fully saturated rings. The molecule has 78 valence electrons. The third-order valence-electron chi connectivity index (χ3n) is 1.82. The predicted octanol–water partition coefficient (Wildman–Crippen LogP) is 2.95. The summed E-state index contributed by atoms with van der Waals surface area (Å²) in [5.74, 6) is 1.37. The molecule has 14 heavy (non-hydrogen) atoms. The lowest BCUT2D eigenvalue weighted by molar-refractivity contribution is 0.690. The summed E-state index contributed by atoms with van der Waals surface area (Å²) in [4.78, 5) is 7.85. The number of nitrogens with one attached hydrogen (secondary N) is 1. The Morgan fingerprint density at radius 3 is 3.00 bits per heavy atom. The van der Waals surface area contributed by atoms with Gasteiger partial charge in [-0.05, 0) is 19.8 Å². The number of rotatable bonds is 5. The van der Waals surface area contributed by atoms with Gasteiger partial charge in [0.05, 0.1) is 6.20 Å². The van der Waals surface area contributed by atoms with Gasteiger partial charge >= 0.3 is 0 Å². The second kappa shape index (κ2) is 6.04. The molecule has 0 saturated carbocycles. The van der Waals surface area contributed by atoms with Gasteiger partial charge in [0, 0.05) is 11.9 Å². The van der Waals surface area contributed by atoms with E-state index < -0.39 is 0 Å². The van der Waals surface area contributed by atoms with Crippen LogP contribution in [0.1, 0.15) is 19.8 Å². The van der Waals surface area contributed by atoms with Crippen LogP contribution in [-0.4, -0.2) is 21.9 Å². The van der Waals surface area contributed by atoms with E-state index in [0.717, 1.165) is 12.8 Å². The van der Waals surface area contributed by atoms with Crippen LogP contribution in [-0.2, 0) is 0 Å². The normalized spacial score (nSPS) is 12.5. The highest BCUT2D eigenvalue weighted by atomic mass is 35.5. The van der Waals surface area contributed by atoms with Crippen molar-refractivity contribution in [2.45, 2.75) is 25.8 Å². The van der Waals surface area contributed by atoms with E-state index >= 15 is 0 Å². The molecular weight excluding hydrogens is 221 g/mol. The minimum absolute atomic E-state index is 0.321. The zero-order valence-electron chi connectivity index (χ0n) is 8.00. The van der Waals surface area contributed by atoms with Gasteiger partial charge in [0.2, 0.25) is 0 Å². The second-order valence-corrected chi connectivity index (χ2v) is 3.88. The van der Waals surface area contributed by atoms with Crippen LogP contribution in [0.4, 0.5) is 5.82 Å². The van der Waals surface area contributed by atoms with Gasteiger partial charge in [-0.1, -0.05) is 11.6 Å². The smallest absolute Gasteiger partial charge is 0.148 e. The fraction of sp³-hybridized carbons (Fsp3) is 0.556. The molecule has 0 radical (unpaired) electrons. The van der Waals surface area contributed by atoms with Crippen molar-refractivity contribution in [2.75, 3.05) is 11.2 Å². The van der Waals surface area contributed by atoms with Crippen LogP contribution in [0.5, 0.6) is 0 Å². The van der Waals surface area contributed by atoms with E-state index in [1.807, 2.05) is 0 Å². The number of halogens is 2. The molecule has 0 bridgehead atoms. The average Bonchev–Trinajstić information content (AvgIpc) is 2.18. The second-order valence-electron chi connectivity index (χ2n) is 3.10. The maximum Gasteiger partial charge on any atom is 0.148 e. The quantitative estimate of drug-likeness (QED) is 0.796. The molecule has 0 spiro atoms. The molecule has 1 N–H and O–H groups in total. The minimum atomic E-state index is 0.321. The van der Waals surface area contributed by atoms with Crippen LogP contribution in [0, 0.1) is 0 Å². The van der Waals surface area contributed by atoms with E-state index in [1.54, 1.807) is 6.20 Å². The Morgan fingerprint density at radius 2 is 2.36 bits per heavy atom. The molecule has 0 saturated heterocycles. The first-order valence-corrected chi connectivity index (χ1v) is 5.43. The summed E-state index contributed by atoms with van der Waals surface area (Å²) >= 11 is 11.5. The van der Waals surface area contributed by atoms with E-state index in [1.165, 1.54) is 6.33 Å². The highest BCUT2D eigenvalue weighted by Gasteiger charge is 2.05. The molecule has 5 heteroatoms. The largest absolute Gasteiger partial charge is 0.366 e.